The van der Waals surface area contributed by atoms with E-state index < -0.39 is 4.92 Å². The average molecular weight is 293 g/mol. The van der Waals surface area contributed by atoms with Crippen molar-refractivity contribution in [3.05, 3.63) is 34.4 Å². The molecule has 0 fully saturated rings. The lowest BCUT2D eigenvalue weighted by atomic mass is 10.1. The van der Waals surface area contributed by atoms with Gasteiger partial charge < -0.3 is 4.74 Å². The van der Waals surface area contributed by atoms with Crippen LogP contribution in [0.15, 0.2) is 29.4 Å². The molecule has 1 aromatic carbocycles. The second kappa shape index (κ2) is 7.98. The van der Waals surface area contributed by atoms with Crippen molar-refractivity contribution < 1.29 is 14.5 Å². The lowest BCUT2D eigenvalue weighted by molar-refractivity contribution is -0.384. The number of amides is 1. The van der Waals surface area contributed by atoms with Crippen LogP contribution >= 0.6 is 0 Å². The van der Waals surface area contributed by atoms with Crippen LogP contribution in [0.4, 0.5) is 5.69 Å². The molecule has 0 aliphatic heterocycles. The highest BCUT2D eigenvalue weighted by atomic mass is 16.6. The summed E-state index contributed by atoms with van der Waals surface area (Å²) < 4.78 is 5.21. The first-order valence-corrected chi connectivity index (χ1v) is 6.57. The Labute approximate surface area is 123 Å². The fourth-order valence-electron chi connectivity index (χ4n) is 1.64. The molecule has 1 N–H and O–H groups in total. The Hall–Kier alpha value is -2.44. The van der Waals surface area contributed by atoms with Crippen LogP contribution in [0.3, 0.4) is 0 Å². The van der Waals surface area contributed by atoms with Gasteiger partial charge in [-0.05, 0) is 31.4 Å². The van der Waals surface area contributed by atoms with Gasteiger partial charge in [0, 0.05) is 17.8 Å². The SMILES string of the molecule is CC(CC(C)C)=NNC(=O)COc1ccc([N+](=O)[O-])cc1. The van der Waals surface area contributed by atoms with Crippen LogP contribution in [0, 0.1) is 16.0 Å². The van der Waals surface area contributed by atoms with E-state index >= 15 is 0 Å². The first-order chi connectivity index (χ1) is 9.88. The second-order valence-corrected chi connectivity index (χ2v) is 5.02. The number of carbonyl (C=O) groups excluding carboxylic acids is 1. The van der Waals surface area contributed by atoms with Crippen molar-refractivity contribution >= 4 is 17.3 Å². The van der Waals surface area contributed by atoms with Crippen LogP contribution in [-0.2, 0) is 4.79 Å². The molecule has 21 heavy (non-hydrogen) atoms. The third-order valence-electron chi connectivity index (χ3n) is 2.49. The Morgan fingerprint density at radius 3 is 2.52 bits per heavy atom. The molecule has 0 aliphatic rings. The fraction of sp³-hybridized carbons (Fsp3) is 0.429. The summed E-state index contributed by atoms with van der Waals surface area (Å²) in [6.07, 6.45) is 0.809. The molecular formula is C14H19N3O4. The number of non-ortho nitro benzene ring substituents is 1. The number of nitro benzene ring substituents is 1. The third-order valence-corrected chi connectivity index (χ3v) is 2.49. The quantitative estimate of drug-likeness (QED) is 0.475. The predicted octanol–water partition coefficient (Wildman–Crippen LogP) is 2.51. The highest BCUT2D eigenvalue weighted by molar-refractivity contribution is 5.84. The number of nitrogens with one attached hydrogen (secondary N) is 1. The van der Waals surface area contributed by atoms with Crippen LogP contribution in [0.2, 0.25) is 0 Å². The molecule has 0 spiro atoms. The van der Waals surface area contributed by atoms with Crippen molar-refractivity contribution in [1.29, 1.82) is 0 Å². The van der Waals surface area contributed by atoms with Gasteiger partial charge in [-0.3, -0.25) is 14.9 Å². The molecule has 0 saturated carbocycles. The van der Waals surface area contributed by atoms with Crippen LogP contribution in [0.5, 0.6) is 5.75 Å². The van der Waals surface area contributed by atoms with Crippen molar-refractivity contribution in [2.45, 2.75) is 27.2 Å². The van der Waals surface area contributed by atoms with Gasteiger partial charge in [0.25, 0.3) is 11.6 Å². The zero-order valence-electron chi connectivity index (χ0n) is 12.3. The number of nitrogens with zero attached hydrogens (tertiary/aromatic N) is 2. The standard InChI is InChI=1S/C14H19N3O4/c1-10(2)8-11(3)15-16-14(18)9-21-13-6-4-12(5-7-13)17(19)20/h4-7,10H,8-9H2,1-3H3,(H,16,18). The van der Waals surface area contributed by atoms with Gasteiger partial charge in [0.15, 0.2) is 6.61 Å². The number of hydrogen-bond acceptors (Lipinski definition) is 5. The molecule has 7 heteroatoms. The number of carbonyl (C=O) groups is 1. The molecule has 114 valence electrons. The number of hydrazone groups is 1. The summed E-state index contributed by atoms with van der Waals surface area (Å²) in [6, 6.07) is 5.52. The van der Waals surface area contributed by atoms with E-state index in [-0.39, 0.29) is 18.2 Å². The Kier molecular flexibility index (Phi) is 6.32. The largest absolute Gasteiger partial charge is 0.484 e. The highest BCUT2D eigenvalue weighted by Crippen LogP contribution is 2.16. The van der Waals surface area contributed by atoms with Crippen molar-refractivity contribution in [3.8, 4) is 5.75 Å². The maximum absolute atomic E-state index is 11.5. The normalized spacial score (nSPS) is 11.3. The van der Waals surface area contributed by atoms with Gasteiger partial charge in [-0.25, -0.2) is 5.43 Å². The van der Waals surface area contributed by atoms with Crippen LogP contribution in [0.25, 0.3) is 0 Å². The third kappa shape index (κ3) is 6.51. The predicted molar refractivity (Wildman–Crippen MR) is 79.3 cm³/mol. The van der Waals surface area contributed by atoms with E-state index in [0.29, 0.717) is 11.7 Å². The minimum atomic E-state index is -0.497. The molecule has 0 radical (unpaired) electrons. The molecule has 0 heterocycles. The van der Waals surface area contributed by atoms with Gasteiger partial charge in [0.05, 0.1) is 4.92 Å². The van der Waals surface area contributed by atoms with Crippen LogP contribution in [0.1, 0.15) is 27.2 Å². The zero-order chi connectivity index (χ0) is 15.8. The number of nitro groups is 1. The van der Waals surface area contributed by atoms with Gasteiger partial charge in [-0.1, -0.05) is 13.8 Å². The minimum Gasteiger partial charge on any atom is -0.484 e. The summed E-state index contributed by atoms with van der Waals surface area (Å²) in [5.41, 5.74) is 3.22. The van der Waals surface area contributed by atoms with Gasteiger partial charge in [-0.2, -0.15) is 5.10 Å². The summed E-state index contributed by atoms with van der Waals surface area (Å²) in [4.78, 5) is 21.5. The molecule has 0 unspecified atom stereocenters. The second-order valence-electron chi connectivity index (χ2n) is 5.02. The van der Waals surface area contributed by atoms with Crippen LogP contribution < -0.4 is 10.2 Å². The van der Waals surface area contributed by atoms with E-state index in [9.17, 15) is 14.9 Å². The van der Waals surface area contributed by atoms with Crippen molar-refractivity contribution in [2.75, 3.05) is 6.61 Å². The molecule has 1 amide bonds. The van der Waals surface area contributed by atoms with E-state index in [1.165, 1.54) is 24.3 Å². The van der Waals surface area contributed by atoms with Crippen molar-refractivity contribution in [3.63, 3.8) is 0 Å². The molecule has 1 aromatic rings. The van der Waals surface area contributed by atoms with Gasteiger partial charge in [0.2, 0.25) is 0 Å². The summed E-state index contributed by atoms with van der Waals surface area (Å²) in [6.45, 7) is 5.78. The minimum absolute atomic E-state index is 0.0271. The lowest BCUT2D eigenvalue weighted by Crippen LogP contribution is -2.25. The summed E-state index contributed by atoms with van der Waals surface area (Å²) in [5, 5.41) is 14.5. The van der Waals surface area contributed by atoms with Crippen LogP contribution in [-0.4, -0.2) is 23.1 Å². The molecule has 7 nitrogen and oxygen atoms in total. The zero-order valence-corrected chi connectivity index (χ0v) is 12.3. The van der Waals surface area contributed by atoms with E-state index in [4.69, 9.17) is 4.74 Å². The molecule has 0 aliphatic carbocycles. The molecule has 1 rings (SSSR count). The molecule has 0 atom stereocenters. The van der Waals surface area contributed by atoms with Crippen molar-refractivity contribution in [2.24, 2.45) is 11.0 Å². The van der Waals surface area contributed by atoms with Crippen molar-refractivity contribution in [1.82, 2.24) is 5.43 Å². The summed E-state index contributed by atoms with van der Waals surface area (Å²) in [7, 11) is 0. The molecular weight excluding hydrogens is 274 g/mol. The number of rotatable bonds is 7. The Balaban J connectivity index is 2.41. The van der Waals surface area contributed by atoms with E-state index in [1.807, 2.05) is 6.92 Å². The van der Waals surface area contributed by atoms with E-state index in [0.717, 1.165) is 12.1 Å². The summed E-state index contributed by atoms with van der Waals surface area (Å²) >= 11 is 0. The first kappa shape index (κ1) is 16.6. The smallest absolute Gasteiger partial charge is 0.277 e. The number of ether oxygens (including phenoxy) is 1. The molecule has 0 saturated heterocycles. The Morgan fingerprint density at radius 2 is 2.00 bits per heavy atom. The Morgan fingerprint density at radius 1 is 1.38 bits per heavy atom. The number of hydrogen-bond donors (Lipinski definition) is 1. The van der Waals surface area contributed by atoms with E-state index in [2.05, 4.69) is 24.4 Å². The fourth-order valence-corrected chi connectivity index (χ4v) is 1.64. The number of benzene rings is 1. The van der Waals surface area contributed by atoms with Gasteiger partial charge in [0.1, 0.15) is 5.75 Å². The monoisotopic (exact) mass is 293 g/mol. The average Bonchev–Trinajstić information content (AvgIpc) is 2.42. The topological polar surface area (TPSA) is 93.8 Å². The maximum Gasteiger partial charge on any atom is 0.277 e. The van der Waals surface area contributed by atoms with E-state index in [1.54, 1.807) is 0 Å². The highest BCUT2D eigenvalue weighted by Gasteiger charge is 2.06. The molecule has 0 bridgehead atoms. The van der Waals surface area contributed by atoms with Gasteiger partial charge in [-0.15, -0.1) is 0 Å². The molecule has 0 aromatic heterocycles. The van der Waals surface area contributed by atoms with Gasteiger partial charge >= 0.3 is 0 Å². The summed E-state index contributed by atoms with van der Waals surface area (Å²) in [5.74, 6) is 0.483. The Bertz CT molecular complexity index is 524. The maximum atomic E-state index is 11.5. The lowest BCUT2D eigenvalue weighted by Gasteiger charge is -2.06. The first-order valence-electron chi connectivity index (χ1n) is 6.57.